The molecule has 0 bridgehead atoms. The minimum atomic E-state index is -0.247. The Bertz CT molecular complexity index is 952. The van der Waals surface area contributed by atoms with Crippen molar-refractivity contribution in [3.8, 4) is 5.75 Å². The van der Waals surface area contributed by atoms with Crippen LogP contribution < -0.4 is 15.4 Å². The first kappa shape index (κ1) is 17.9. The number of benzene rings is 2. The summed E-state index contributed by atoms with van der Waals surface area (Å²) >= 11 is 1.40. The van der Waals surface area contributed by atoms with Crippen LogP contribution in [-0.2, 0) is 4.79 Å². The normalized spacial score (nSPS) is 10.5. The molecule has 0 spiro atoms. The van der Waals surface area contributed by atoms with E-state index in [0.29, 0.717) is 35.2 Å². The topological polar surface area (TPSA) is 80.3 Å². The van der Waals surface area contributed by atoms with Gasteiger partial charge in [0.05, 0.1) is 22.4 Å². The number of fused-ring (bicyclic) bond motifs is 1. The molecule has 0 atom stereocenters. The molecule has 0 radical (unpaired) electrons. The Kier molecular flexibility index (Phi) is 5.48. The monoisotopic (exact) mass is 369 g/mol. The van der Waals surface area contributed by atoms with Crippen molar-refractivity contribution in [3.05, 3.63) is 48.0 Å². The first-order chi connectivity index (χ1) is 12.6. The Labute approximate surface area is 155 Å². The zero-order valence-electron chi connectivity index (χ0n) is 14.5. The molecule has 0 unspecified atom stereocenters. The molecule has 3 rings (SSSR count). The first-order valence-electron chi connectivity index (χ1n) is 8.34. The molecule has 0 aliphatic rings. The van der Waals surface area contributed by atoms with Crippen LogP contribution in [0.15, 0.2) is 42.5 Å². The van der Waals surface area contributed by atoms with Crippen molar-refractivity contribution in [2.75, 3.05) is 17.2 Å². The van der Waals surface area contributed by atoms with E-state index in [9.17, 15) is 9.59 Å². The Balaban J connectivity index is 1.80. The summed E-state index contributed by atoms with van der Waals surface area (Å²) in [6.45, 7) is 4.15. The van der Waals surface area contributed by atoms with Gasteiger partial charge >= 0.3 is 0 Å². The van der Waals surface area contributed by atoms with Crippen LogP contribution in [0.25, 0.3) is 10.2 Å². The summed E-state index contributed by atoms with van der Waals surface area (Å²) in [5.74, 6) is 0.222. The van der Waals surface area contributed by atoms with Crippen LogP contribution in [0.5, 0.6) is 5.75 Å². The quantitative estimate of drug-likeness (QED) is 0.679. The lowest BCUT2D eigenvalue weighted by Crippen LogP contribution is -2.13. The van der Waals surface area contributed by atoms with Gasteiger partial charge in [0.1, 0.15) is 5.75 Å². The average Bonchev–Trinajstić information content (AvgIpc) is 3.03. The number of aromatic nitrogens is 1. The van der Waals surface area contributed by atoms with Gasteiger partial charge < -0.3 is 15.4 Å². The third-order valence-electron chi connectivity index (χ3n) is 3.64. The molecule has 2 amide bonds. The van der Waals surface area contributed by atoms with Crippen molar-refractivity contribution in [1.82, 2.24) is 4.98 Å². The molecule has 2 aromatic carbocycles. The van der Waals surface area contributed by atoms with Crippen LogP contribution in [0.3, 0.4) is 0 Å². The number of hydrogen-bond donors (Lipinski definition) is 2. The Morgan fingerprint density at radius 1 is 1.12 bits per heavy atom. The maximum atomic E-state index is 12.6. The molecule has 0 fully saturated rings. The van der Waals surface area contributed by atoms with Crippen LogP contribution in [-0.4, -0.2) is 23.4 Å². The number of anilines is 2. The highest BCUT2D eigenvalue weighted by atomic mass is 32.1. The number of rotatable bonds is 6. The second kappa shape index (κ2) is 7.97. The van der Waals surface area contributed by atoms with Crippen molar-refractivity contribution in [1.29, 1.82) is 0 Å². The zero-order valence-corrected chi connectivity index (χ0v) is 15.4. The Morgan fingerprint density at radius 3 is 2.69 bits per heavy atom. The fraction of sp³-hybridized carbons (Fsp3) is 0.211. The van der Waals surface area contributed by atoms with E-state index in [2.05, 4.69) is 15.6 Å². The van der Waals surface area contributed by atoms with Crippen LogP contribution in [0.1, 0.15) is 30.6 Å². The molecule has 3 aromatic rings. The van der Waals surface area contributed by atoms with E-state index in [4.69, 9.17) is 4.74 Å². The summed E-state index contributed by atoms with van der Waals surface area (Å²) in [6, 6.07) is 12.6. The molecule has 26 heavy (non-hydrogen) atoms. The highest BCUT2D eigenvalue weighted by Gasteiger charge is 2.13. The van der Waals surface area contributed by atoms with Crippen LogP contribution in [0.2, 0.25) is 0 Å². The minimum absolute atomic E-state index is 0.0786. The molecule has 0 aliphatic heterocycles. The van der Waals surface area contributed by atoms with Crippen molar-refractivity contribution < 1.29 is 14.3 Å². The fourth-order valence-corrected chi connectivity index (χ4v) is 3.26. The van der Waals surface area contributed by atoms with Crippen molar-refractivity contribution >= 4 is 44.2 Å². The van der Waals surface area contributed by atoms with E-state index in [0.717, 1.165) is 10.2 Å². The van der Waals surface area contributed by atoms with Crippen molar-refractivity contribution in [2.24, 2.45) is 0 Å². The van der Waals surface area contributed by atoms with Gasteiger partial charge in [-0.05, 0) is 37.3 Å². The number of carbonyl (C=O) groups is 2. The average molecular weight is 369 g/mol. The summed E-state index contributed by atoms with van der Waals surface area (Å²) in [5.41, 5.74) is 1.83. The number of carbonyl (C=O) groups excluding carboxylic acids is 2. The lowest BCUT2D eigenvalue weighted by Gasteiger charge is -2.10. The molecule has 2 N–H and O–H groups in total. The molecule has 0 saturated carbocycles. The third kappa shape index (κ3) is 4.00. The van der Waals surface area contributed by atoms with Gasteiger partial charge in [0.2, 0.25) is 5.91 Å². The van der Waals surface area contributed by atoms with E-state index < -0.39 is 0 Å². The molecule has 0 saturated heterocycles. The molecular weight excluding hydrogens is 350 g/mol. The summed E-state index contributed by atoms with van der Waals surface area (Å²) in [4.78, 5) is 28.5. The molecule has 6 nitrogen and oxygen atoms in total. The zero-order chi connectivity index (χ0) is 18.5. The van der Waals surface area contributed by atoms with Gasteiger partial charge in [0, 0.05) is 12.1 Å². The van der Waals surface area contributed by atoms with Crippen LogP contribution >= 0.6 is 11.3 Å². The minimum Gasteiger partial charge on any atom is -0.493 e. The number of para-hydroxylation sites is 1. The Morgan fingerprint density at radius 2 is 1.92 bits per heavy atom. The fourth-order valence-electron chi connectivity index (χ4n) is 2.40. The number of thiazole rings is 1. The molecule has 1 aromatic heterocycles. The maximum absolute atomic E-state index is 12.6. The van der Waals surface area contributed by atoms with Crippen molar-refractivity contribution in [3.63, 3.8) is 0 Å². The predicted octanol–water partition coefficient (Wildman–Crippen LogP) is 4.30. The molecule has 1 heterocycles. The summed E-state index contributed by atoms with van der Waals surface area (Å²) < 4.78 is 6.44. The van der Waals surface area contributed by atoms with Crippen LogP contribution in [0.4, 0.5) is 10.8 Å². The third-order valence-corrected chi connectivity index (χ3v) is 4.60. The number of ether oxygens (including phenoxy) is 1. The van der Waals surface area contributed by atoms with Crippen molar-refractivity contribution in [2.45, 2.75) is 20.3 Å². The Hall–Kier alpha value is -2.93. The largest absolute Gasteiger partial charge is 0.493 e. The second-order valence-electron chi connectivity index (χ2n) is 5.49. The van der Waals surface area contributed by atoms with E-state index in [1.807, 2.05) is 25.1 Å². The number of hydrogen-bond acceptors (Lipinski definition) is 5. The molecule has 0 aliphatic carbocycles. The first-order valence-corrected chi connectivity index (χ1v) is 9.16. The summed E-state index contributed by atoms with van der Waals surface area (Å²) in [6.07, 6.45) is 0.399. The molecular formula is C19H19N3O3S. The van der Waals surface area contributed by atoms with Gasteiger partial charge in [-0.1, -0.05) is 30.4 Å². The lowest BCUT2D eigenvalue weighted by atomic mass is 10.2. The van der Waals surface area contributed by atoms with Gasteiger partial charge in [-0.25, -0.2) is 4.98 Å². The van der Waals surface area contributed by atoms with Gasteiger partial charge in [-0.2, -0.15) is 0 Å². The van der Waals surface area contributed by atoms with Crippen LogP contribution in [0, 0.1) is 0 Å². The highest BCUT2D eigenvalue weighted by molar-refractivity contribution is 7.22. The predicted molar refractivity (Wildman–Crippen MR) is 104 cm³/mol. The number of nitrogens with zero attached hydrogens (tertiary/aromatic N) is 1. The smallest absolute Gasteiger partial charge is 0.259 e. The van der Waals surface area contributed by atoms with Gasteiger partial charge in [0.15, 0.2) is 5.13 Å². The highest BCUT2D eigenvalue weighted by Crippen LogP contribution is 2.29. The number of nitrogens with one attached hydrogen (secondary N) is 2. The van der Waals surface area contributed by atoms with Gasteiger partial charge in [-0.3, -0.25) is 9.59 Å². The molecule has 7 heteroatoms. The number of amides is 2. The SMILES string of the molecule is CCOc1ccccc1C(=O)Nc1ccc2sc(NC(=O)CC)nc2c1. The summed E-state index contributed by atoms with van der Waals surface area (Å²) in [7, 11) is 0. The van der Waals surface area contributed by atoms with Gasteiger partial charge in [-0.15, -0.1) is 0 Å². The lowest BCUT2D eigenvalue weighted by molar-refractivity contribution is -0.115. The molecule has 134 valence electrons. The standard InChI is InChI=1S/C19H19N3O3S/c1-3-17(23)22-19-21-14-11-12(9-10-16(14)26-19)20-18(24)13-7-5-6-8-15(13)25-4-2/h5-11H,3-4H2,1-2H3,(H,20,24)(H,21,22,23). The summed E-state index contributed by atoms with van der Waals surface area (Å²) in [5, 5.41) is 6.17. The van der Waals surface area contributed by atoms with E-state index in [-0.39, 0.29) is 11.8 Å². The van der Waals surface area contributed by atoms with E-state index >= 15 is 0 Å². The second-order valence-corrected chi connectivity index (χ2v) is 6.52. The van der Waals surface area contributed by atoms with E-state index in [1.54, 1.807) is 31.2 Å². The van der Waals surface area contributed by atoms with Gasteiger partial charge in [0.25, 0.3) is 5.91 Å². The van der Waals surface area contributed by atoms with E-state index in [1.165, 1.54) is 11.3 Å². The maximum Gasteiger partial charge on any atom is 0.259 e.